The average Bonchev–Trinajstić information content (AvgIpc) is 2.61. The van der Waals surface area contributed by atoms with Crippen LogP contribution in [0.25, 0.3) is 6.08 Å². The van der Waals surface area contributed by atoms with Crippen LogP contribution in [0.1, 0.15) is 11.1 Å². The predicted molar refractivity (Wildman–Crippen MR) is 95.2 cm³/mol. The highest BCUT2D eigenvalue weighted by Gasteiger charge is 1.98. The number of carbonyl (C=O) groups excluding carboxylic acids is 1. The van der Waals surface area contributed by atoms with Gasteiger partial charge in [-0.3, -0.25) is 0 Å². The molecule has 0 unspecified atom stereocenters. The lowest BCUT2D eigenvalue weighted by Gasteiger charge is -2.08. The standard InChI is InChI=1S/C19H22N2O3/c1-15-3-5-16(6-4-15)11-12-20-19(22)21-13-14-24-18-9-7-17(23-2)8-10-18/h3-12H,13-14H2,1-2H3,(H2,20,21,22)/b12-11+. The zero-order valence-electron chi connectivity index (χ0n) is 13.9. The van der Waals surface area contributed by atoms with Crippen LogP contribution in [0.4, 0.5) is 4.79 Å². The van der Waals surface area contributed by atoms with E-state index in [0.717, 1.165) is 17.1 Å². The van der Waals surface area contributed by atoms with Crippen LogP contribution >= 0.6 is 0 Å². The first kappa shape index (κ1) is 17.4. The molecule has 126 valence electrons. The van der Waals surface area contributed by atoms with Crippen molar-refractivity contribution in [3.8, 4) is 11.5 Å². The van der Waals surface area contributed by atoms with Gasteiger partial charge in [-0.15, -0.1) is 0 Å². The van der Waals surface area contributed by atoms with Gasteiger partial charge in [0, 0.05) is 6.20 Å². The van der Waals surface area contributed by atoms with Crippen molar-refractivity contribution in [2.45, 2.75) is 6.92 Å². The zero-order chi connectivity index (χ0) is 17.2. The van der Waals surface area contributed by atoms with Gasteiger partial charge in [-0.1, -0.05) is 29.8 Å². The van der Waals surface area contributed by atoms with Gasteiger partial charge in [0.05, 0.1) is 13.7 Å². The fourth-order valence-corrected chi connectivity index (χ4v) is 1.95. The van der Waals surface area contributed by atoms with Gasteiger partial charge in [-0.25, -0.2) is 4.79 Å². The summed E-state index contributed by atoms with van der Waals surface area (Å²) in [4.78, 5) is 11.6. The lowest BCUT2D eigenvalue weighted by atomic mass is 10.1. The molecule has 0 heterocycles. The van der Waals surface area contributed by atoms with Crippen LogP contribution in [0.15, 0.2) is 54.7 Å². The van der Waals surface area contributed by atoms with Crippen molar-refractivity contribution in [1.82, 2.24) is 10.6 Å². The molecule has 0 aliphatic carbocycles. The number of ether oxygens (including phenoxy) is 2. The van der Waals surface area contributed by atoms with Crippen LogP contribution in [0.3, 0.4) is 0 Å². The quantitative estimate of drug-likeness (QED) is 0.767. The van der Waals surface area contributed by atoms with E-state index in [-0.39, 0.29) is 6.03 Å². The molecule has 2 aromatic rings. The number of rotatable bonds is 7. The van der Waals surface area contributed by atoms with Gasteiger partial charge in [0.2, 0.25) is 0 Å². The largest absolute Gasteiger partial charge is 0.497 e. The third kappa shape index (κ3) is 6.04. The van der Waals surface area contributed by atoms with E-state index in [2.05, 4.69) is 10.6 Å². The Hall–Kier alpha value is -2.95. The van der Waals surface area contributed by atoms with E-state index in [0.29, 0.717) is 13.2 Å². The molecular formula is C19H22N2O3. The molecule has 2 N–H and O–H groups in total. The highest BCUT2D eigenvalue weighted by Crippen LogP contribution is 2.16. The second kappa shape index (κ2) is 9.25. The summed E-state index contributed by atoms with van der Waals surface area (Å²) in [6.07, 6.45) is 3.46. The van der Waals surface area contributed by atoms with E-state index in [4.69, 9.17) is 9.47 Å². The minimum Gasteiger partial charge on any atom is -0.497 e. The van der Waals surface area contributed by atoms with Gasteiger partial charge >= 0.3 is 6.03 Å². The summed E-state index contributed by atoms with van der Waals surface area (Å²) in [5.74, 6) is 1.51. The van der Waals surface area contributed by atoms with E-state index in [9.17, 15) is 4.79 Å². The van der Waals surface area contributed by atoms with E-state index in [1.165, 1.54) is 5.56 Å². The maximum absolute atomic E-state index is 11.6. The molecular weight excluding hydrogens is 304 g/mol. The van der Waals surface area contributed by atoms with E-state index in [1.807, 2.05) is 61.5 Å². The SMILES string of the molecule is COc1ccc(OCCNC(=O)N/C=C/c2ccc(C)cc2)cc1. The van der Waals surface area contributed by atoms with Gasteiger partial charge in [-0.05, 0) is 42.8 Å². The van der Waals surface area contributed by atoms with Crippen LogP contribution in [-0.2, 0) is 0 Å². The number of nitrogens with one attached hydrogen (secondary N) is 2. The lowest BCUT2D eigenvalue weighted by molar-refractivity contribution is 0.239. The van der Waals surface area contributed by atoms with Crippen LogP contribution in [-0.4, -0.2) is 26.3 Å². The summed E-state index contributed by atoms with van der Waals surface area (Å²) in [5, 5.41) is 5.38. The molecule has 0 spiro atoms. The second-order valence-electron chi connectivity index (χ2n) is 5.17. The molecule has 0 saturated heterocycles. The Kier molecular flexibility index (Phi) is 6.71. The normalized spacial score (nSPS) is 10.4. The topological polar surface area (TPSA) is 59.6 Å². The molecule has 2 aromatic carbocycles. The van der Waals surface area contributed by atoms with E-state index >= 15 is 0 Å². The summed E-state index contributed by atoms with van der Waals surface area (Å²) in [6, 6.07) is 15.1. The van der Waals surface area contributed by atoms with Gasteiger partial charge in [0.25, 0.3) is 0 Å². The first-order chi connectivity index (χ1) is 11.7. The molecule has 0 atom stereocenters. The number of hydrogen-bond donors (Lipinski definition) is 2. The fourth-order valence-electron chi connectivity index (χ4n) is 1.95. The third-order valence-corrected chi connectivity index (χ3v) is 3.28. The minimum absolute atomic E-state index is 0.267. The van der Waals surface area contributed by atoms with Crippen molar-refractivity contribution < 1.29 is 14.3 Å². The van der Waals surface area contributed by atoms with Crippen molar-refractivity contribution in [3.05, 3.63) is 65.9 Å². The monoisotopic (exact) mass is 326 g/mol. The average molecular weight is 326 g/mol. The maximum Gasteiger partial charge on any atom is 0.318 e. The van der Waals surface area contributed by atoms with Gasteiger partial charge < -0.3 is 20.1 Å². The molecule has 5 nitrogen and oxygen atoms in total. The Morgan fingerprint density at radius 3 is 2.38 bits per heavy atom. The van der Waals surface area contributed by atoms with Crippen LogP contribution in [0, 0.1) is 6.92 Å². The molecule has 24 heavy (non-hydrogen) atoms. The Bertz CT molecular complexity index is 664. The van der Waals surface area contributed by atoms with Gasteiger partial charge in [0.15, 0.2) is 0 Å². The molecule has 5 heteroatoms. The van der Waals surface area contributed by atoms with Crippen molar-refractivity contribution in [2.24, 2.45) is 0 Å². The van der Waals surface area contributed by atoms with Crippen LogP contribution in [0.5, 0.6) is 11.5 Å². The number of benzene rings is 2. The van der Waals surface area contributed by atoms with Crippen molar-refractivity contribution in [1.29, 1.82) is 0 Å². The number of methoxy groups -OCH3 is 1. The number of urea groups is 1. The molecule has 0 aromatic heterocycles. The summed E-state index contributed by atoms with van der Waals surface area (Å²) >= 11 is 0. The maximum atomic E-state index is 11.6. The molecule has 0 bridgehead atoms. The van der Waals surface area contributed by atoms with Crippen molar-refractivity contribution >= 4 is 12.1 Å². The van der Waals surface area contributed by atoms with E-state index < -0.39 is 0 Å². The Morgan fingerprint density at radius 2 is 1.71 bits per heavy atom. The summed E-state index contributed by atoms with van der Waals surface area (Å²) in [7, 11) is 1.62. The number of hydrogen-bond acceptors (Lipinski definition) is 3. The van der Waals surface area contributed by atoms with Gasteiger partial charge in [-0.2, -0.15) is 0 Å². The Labute approximate surface area is 142 Å². The van der Waals surface area contributed by atoms with Crippen molar-refractivity contribution in [2.75, 3.05) is 20.3 Å². The van der Waals surface area contributed by atoms with Gasteiger partial charge in [0.1, 0.15) is 18.1 Å². The highest BCUT2D eigenvalue weighted by molar-refractivity contribution is 5.75. The molecule has 2 amide bonds. The first-order valence-corrected chi connectivity index (χ1v) is 7.72. The number of carbonyl (C=O) groups is 1. The summed E-state index contributed by atoms with van der Waals surface area (Å²) in [5.41, 5.74) is 2.23. The molecule has 2 rings (SSSR count). The van der Waals surface area contributed by atoms with Crippen LogP contribution < -0.4 is 20.1 Å². The predicted octanol–water partition coefficient (Wildman–Crippen LogP) is 3.35. The number of aryl methyl sites for hydroxylation is 1. The molecule has 0 aliphatic heterocycles. The molecule has 0 fully saturated rings. The van der Waals surface area contributed by atoms with Crippen LogP contribution in [0.2, 0.25) is 0 Å². The lowest BCUT2D eigenvalue weighted by Crippen LogP contribution is -2.34. The fraction of sp³-hybridized carbons (Fsp3) is 0.211. The molecule has 0 radical (unpaired) electrons. The second-order valence-corrected chi connectivity index (χ2v) is 5.17. The van der Waals surface area contributed by atoms with E-state index in [1.54, 1.807) is 13.3 Å². The minimum atomic E-state index is -0.267. The number of amides is 2. The smallest absolute Gasteiger partial charge is 0.318 e. The van der Waals surface area contributed by atoms with Crippen molar-refractivity contribution in [3.63, 3.8) is 0 Å². The summed E-state index contributed by atoms with van der Waals surface area (Å²) in [6.45, 7) is 2.84. The highest BCUT2D eigenvalue weighted by atomic mass is 16.5. The Morgan fingerprint density at radius 1 is 1.04 bits per heavy atom. The molecule has 0 aliphatic rings. The first-order valence-electron chi connectivity index (χ1n) is 7.72. The summed E-state index contributed by atoms with van der Waals surface area (Å²) < 4.78 is 10.6. The third-order valence-electron chi connectivity index (χ3n) is 3.28. The molecule has 0 saturated carbocycles. The Balaban J connectivity index is 1.63. The zero-order valence-corrected chi connectivity index (χ0v) is 13.9.